The topological polar surface area (TPSA) is 118 Å². The molecule has 0 aromatic heterocycles. The third-order valence-electron chi connectivity index (χ3n) is 6.05. The zero-order valence-corrected chi connectivity index (χ0v) is 22.7. The quantitative estimate of drug-likeness (QED) is 0.0805. The summed E-state index contributed by atoms with van der Waals surface area (Å²) in [6, 6.07) is 0. The van der Waals surface area contributed by atoms with Crippen LogP contribution in [0, 0.1) is 0 Å². The summed E-state index contributed by atoms with van der Waals surface area (Å²) in [5.74, 6) is 0. The molecule has 0 fully saturated rings. The average molecular weight is 539 g/mol. The molecule has 0 aliphatic carbocycles. The zero-order chi connectivity index (χ0) is 25.0. The molecule has 7 nitrogen and oxygen atoms in total. The number of unbranched alkanes of at least 4 members (excludes halogenated alkanes) is 16. The van der Waals surface area contributed by atoms with Crippen molar-refractivity contribution in [3.8, 4) is 0 Å². The second-order valence-corrected chi connectivity index (χ2v) is 12.4. The predicted molar refractivity (Wildman–Crippen MR) is 143 cm³/mol. The first-order chi connectivity index (χ1) is 15.6. The molecule has 0 saturated heterocycles. The van der Waals surface area contributed by atoms with Crippen molar-refractivity contribution in [1.29, 1.82) is 0 Å². The van der Waals surface area contributed by atoms with Gasteiger partial charge in [-0.15, -0.1) is 0 Å². The van der Waals surface area contributed by atoms with E-state index in [9.17, 15) is 25.9 Å². The number of hydrogen-bond acceptors (Lipinski definition) is 5. The Morgan fingerprint density at radius 1 is 0.500 bits per heavy atom. The molecule has 0 heterocycles. The van der Waals surface area contributed by atoms with Gasteiger partial charge in [0.25, 0.3) is 20.2 Å². The fraction of sp³-hybridized carbons (Fsp3) is 1.00. The van der Waals surface area contributed by atoms with Gasteiger partial charge in [-0.25, -0.2) is 0 Å². The van der Waals surface area contributed by atoms with Gasteiger partial charge in [-0.05, 0) is 25.7 Å². The number of rotatable bonds is 24. The van der Waals surface area contributed by atoms with E-state index in [1.807, 2.05) is 0 Å². The van der Waals surface area contributed by atoms with Crippen LogP contribution in [0.15, 0.2) is 0 Å². The summed E-state index contributed by atoms with van der Waals surface area (Å²) in [4.78, 5) is 0. The second kappa shape index (κ2) is 22.9. The summed E-state index contributed by atoms with van der Waals surface area (Å²) >= 11 is 0. The van der Waals surface area contributed by atoms with Gasteiger partial charge in [-0.3, -0.25) is 9.11 Å². The predicted octanol–water partition coefficient (Wildman–Crippen LogP) is 6.62. The summed E-state index contributed by atoms with van der Waals surface area (Å²) in [5, 5.41) is 0. The monoisotopic (exact) mass is 538 g/mol. The van der Waals surface area contributed by atoms with E-state index in [0.717, 1.165) is 51.4 Å². The van der Waals surface area contributed by atoms with E-state index >= 15 is 0 Å². The van der Waals surface area contributed by atoms with Crippen LogP contribution in [0.4, 0.5) is 0 Å². The Labute approximate surface area is 232 Å². The minimum absolute atomic E-state index is 0. The Morgan fingerprint density at radius 2 is 0.735 bits per heavy atom. The van der Waals surface area contributed by atoms with Crippen molar-refractivity contribution in [2.75, 3.05) is 0 Å². The molecule has 10 heteroatoms. The molecule has 2 N–H and O–H groups in total. The van der Waals surface area contributed by atoms with E-state index in [-0.39, 0.29) is 42.4 Å². The molecule has 202 valence electrons. The van der Waals surface area contributed by atoms with Gasteiger partial charge in [-0.2, -0.15) is 16.8 Å². The Kier molecular flexibility index (Phi) is 24.9. The van der Waals surface area contributed by atoms with Crippen LogP contribution >= 0.6 is 0 Å². The summed E-state index contributed by atoms with van der Waals surface area (Å²) in [6.45, 7) is 4.35. The molecule has 0 amide bonds. The van der Waals surface area contributed by atoms with Crippen molar-refractivity contribution in [2.24, 2.45) is 0 Å². The first-order valence-corrected chi connectivity index (χ1v) is 16.2. The minimum atomic E-state index is -4.58. The van der Waals surface area contributed by atoms with Gasteiger partial charge in [0.1, 0.15) is 0 Å². The summed E-state index contributed by atoms with van der Waals surface area (Å²) in [5.41, 5.74) is -3.26. The average Bonchev–Trinajstić information content (AvgIpc) is 2.73. The van der Waals surface area contributed by atoms with E-state index in [4.69, 9.17) is 4.74 Å². The van der Waals surface area contributed by atoms with Crippen molar-refractivity contribution >= 4 is 49.8 Å². The fourth-order valence-electron chi connectivity index (χ4n) is 3.99. The third kappa shape index (κ3) is 22.0. The van der Waals surface area contributed by atoms with Crippen molar-refractivity contribution in [2.45, 2.75) is 153 Å². The Morgan fingerprint density at radius 3 is 0.971 bits per heavy atom. The van der Waals surface area contributed by atoms with E-state index in [0.29, 0.717) is 12.8 Å². The Balaban J connectivity index is 0. The van der Waals surface area contributed by atoms with Crippen LogP contribution in [0.3, 0.4) is 0 Å². The molecule has 0 bridgehead atoms. The van der Waals surface area contributed by atoms with Crippen LogP contribution in [0.25, 0.3) is 0 Å². The normalized spacial score (nSPS) is 14.0. The molecule has 0 aromatic carbocycles. The summed E-state index contributed by atoms with van der Waals surface area (Å²) in [7, 11) is -9.15. The van der Waals surface area contributed by atoms with Crippen LogP contribution in [0.2, 0.25) is 0 Å². The standard InChI is InChI=1S/C24H50O7S2.Na.H/c1-3-5-7-9-11-13-15-17-19-21-23(32(25,26)27)31-24(33(28,29)30)22-20-18-16-14-12-10-8-6-4-2;;/h23-24H,3-22H2,1-2H3,(H,25,26,27)(H,28,29,30);;. The van der Waals surface area contributed by atoms with Gasteiger partial charge < -0.3 is 4.74 Å². The van der Waals surface area contributed by atoms with Crippen LogP contribution in [0.5, 0.6) is 0 Å². The van der Waals surface area contributed by atoms with E-state index in [2.05, 4.69) is 13.8 Å². The van der Waals surface area contributed by atoms with Crippen molar-refractivity contribution in [1.82, 2.24) is 0 Å². The van der Waals surface area contributed by atoms with Crippen LogP contribution in [0.1, 0.15) is 142 Å². The first kappa shape index (κ1) is 36.9. The van der Waals surface area contributed by atoms with E-state index in [1.54, 1.807) is 0 Å². The summed E-state index contributed by atoms with van der Waals surface area (Å²) in [6.07, 6.45) is 18.8. The van der Waals surface area contributed by atoms with Gasteiger partial charge in [0.15, 0.2) is 10.9 Å². The third-order valence-corrected chi connectivity index (χ3v) is 8.08. The molecule has 2 atom stereocenters. The van der Waals surface area contributed by atoms with Gasteiger partial charge in [-0.1, -0.05) is 117 Å². The van der Waals surface area contributed by atoms with Gasteiger partial charge in [0.05, 0.1) is 0 Å². The van der Waals surface area contributed by atoms with Crippen molar-refractivity contribution in [3.05, 3.63) is 0 Å². The van der Waals surface area contributed by atoms with Crippen LogP contribution < -0.4 is 0 Å². The Bertz CT molecular complexity index is 598. The number of hydrogen-bond donors (Lipinski definition) is 2. The summed E-state index contributed by atoms with van der Waals surface area (Å²) < 4.78 is 71.2. The Hall–Kier alpha value is 0.780. The molecule has 2 unspecified atom stereocenters. The molecule has 0 aliphatic heterocycles. The maximum absolute atomic E-state index is 11.7. The maximum atomic E-state index is 11.7. The first-order valence-electron chi connectivity index (χ1n) is 13.2. The zero-order valence-electron chi connectivity index (χ0n) is 21.0. The van der Waals surface area contributed by atoms with Crippen molar-refractivity contribution in [3.63, 3.8) is 0 Å². The molecule has 0 rings (SSSR count). The van der Waals surface area contributed by atoms with Crippen LogP contribution in [-0.4, -0.2) is 66.4 Å². The van der Waals surface area contributed by atoms with Gasteiger partial charge >= 0.3 is 29.6 Å². The second-order valence-electron chi connectivity index (χ2n) is 9.26. The van der Waals surface area contributed by atoms with Gasteiger partial charge in [0.2, 0.25) is 0 Å². The molecule has 0 aromatic rings. The fourth-order valence-corrected chi connectivity index (χ4v) is 5.54. The van der Waals surface area contributed by atoms with Gasteiger partial charge in [0, 0.05) is 0 Å². The molecule has 0 aliphatic rings. The molecular weight excluding hydrogens is 487 g/mol. The molecular formula is C24H51NaO7S2. The van der Waals surface area contributed by atoms with Crippen molar-refractivity contribution < 1.29 is 30.7 Å². The molecule has 34 heavy (non-hydrogen) atoms. The molecule has 0 saturated carbocycles. The van der Waals surface area contributed by atoms with Crippen LogP contribution in [-0.2, 0) is 25.0 Å². The molecule has 0 radical (unpaired) electrons. The van der Waals surface area contributed by atoms with E-state index < -0.39 is 31.1 Å². The number of ether oxygens (including phenoxy) is 1. The van der Waals surface area contributed by atoms with E-state index in [1.165, 1.54) is 51.4 Å². The SMILES string of the molecule is CCCCCCCCCCCC(OC(CCCCCCCCCCC)S(=O)(=O)O)S(=O)(=O)O.[NaH]. The molecule has 0 spiro atoms.